The lowest BCUT2D eigenvalue weighted by molar-refractivity contribution is -0.137. The highest BCUT2D eigenvalue weighted by molar-refractivity contribution is 6.05. The average molecular weight is 447 g/mol. The van der Waals surface area contributed by atoms with Crippen molar-refractivity contribution in [2.75, 3.05) is 16.1 Å². The molecule has 0 spiro atoms. The Morgan fingerprint density at radius 3 is 2.41 bits per heavy atom. The molecule has 1 aromatic heterocycles. The zero-order valence-corrected chi connectivity index (χ0v) is 17.3. The van der Waals surface area contributed by atoms with E-state index in [1.165, 1.54) is 12.1 Å². The molecule has 2 aromatic carbocycles. The number of anilines is 3. The van der Waals surface area contributed by atoms with Crippen LogP contribution in [0.25, 0.3) is 0 Å². The van der Waals surface area contributed by atoms with Crippen LogP contribution in [0.3, 0.4) is 0 Å². The molecule has 0 radical (unpaired) electrons. The number of hydrogen-bond acceptors (Lipinski definition) is 5. The molecule has 1 heterocycles. The highest BCUT2D eigenvalue weighted by Crippen LogP contribution is 2.30. The van der Waals surface area contributed by atoms with Gasteiger partial charge in [0.2, 0.25) is 5.95 Å². The molecule has 0 bridgehead atoms. The Morgan fingerprint density at radius 1 is 1.00 bits per heavy atom. The summed E-state index contributed by atoms with van der Waals surface area (Å²) in [5.41, 5.74) is 5.37. The SMILES string of the molecule is Cc1ccc(NC(=O)c2cccc(C(F)(F)F)c2)cc1NC(=O)NNc1nnc(C)n1C. The van der Waals surface area contributed by atoms with E-state index in [1.54, 1.807) is 37.6 Å². The molecule has 0 unspecified atom stereocenters. The number of aryl methyl sites for hydroxylation is 2. The summed E-state index contributed by atoms with van der Waals surface area (Å²) >= 11 is 0. The minimum absolute atomic E-state index is 0.143. The monoisotopic (exact) mass is 447 g/mol. The topological polar surface area (TPSA) is 113 Å². The van der Waals surface area contributed by atoms with Crippen molar-refractivity contribution in [3.8, 4) is 0 Å². The van der Waals surface area contributed by atoms with Crippen LogP contribution in [0, 0.1) is 13.8 Å². The lowest BCUT2D eigenvalue weighted by Gasteiger charge is -2.13. The van der Waals surface area contributed by atoms with Crippen molar-refractivity contribution in [3.63, 3.8) is 0 Å². The van der Waals surface area contributed by atoms with Crippen LogP contribution in [0.2, 0.25) is 0 Å². The van der Waals surface area contributed by atoms with Gasteiger partial charge in [0.25, 0.3) is 5.91 Å². The fraction of sp³-hybridized carbons (Fsp3) is 0.200. The number of halogens is 3. The number of aromatic nitrogens is 3. The van der Waals surface area contributed by atoms with E-state index in [0.29, 0.717) is 28.7 Å². The fourth-order valence-corrected chi connectivity index (χ4v) is 2.66. The summed E-state index contributed by atoms with van der Waals surface area (Å²) in [6, 6.07) is 8.22. The highest BCUT2D eigenvalue weighted by atomic mass is 19.4. The number of rotatable bonds is 5. The van der Waals surface area contributed by atoms with Gasteiger partial charge in [-0.3, -0.25) is 14.8 Å². The van der Waals surface area contributed by atoms with E-state index in [0.717, 1.165) is 18.2 Å². The summed E-state index contributed by atoms with van der Waals surface area (Å²) in [6.45, 7) is 3.49. The van der Waals surface area contributed by atoms with Crippen molar-refractivity contribution in [1.82, 2.24) is 20.2 Å². The van der Waals surface area contributed by atoms with Gasteiger partial charge < -0.3 is 10.6 Å². The molecule has 3 rings (SSSR count). The van der Waals surface area contributed by atoms with Gasteiger partial charge in [0.15, 0.2) is 0 Å². The lowest BCUT2D eigenvalue weighted by Crippen LogP contribution is -2.34. The molecule has 3 aromatic rings. The maximum Gasteiger partial charge on any atom is 0.416 e. The number of hydrogen-bond donors (Lipinski definition) is 4. The van der Waals surface area contributed by atoms with Crippen molar-refractivity contribution < 1.29 is 22.8 Å². The number of carbonyl (C=O) groups is 2. The summed E-state index contributed by atoms with van der Waals surface area (Å²) in [6.07, 6.45) is -4.55. The summed E-state index contributed by atoms with van der Waals surface area (Å²) in [5.74, 6) is 0.265. The van der Waals surface area contributed by atoms with Gasteiger partial charge in [-0.25, -0.2) is 10.2 Å². The Morgan fingerprint density at radius 2 is 1.75 bits per heavy atom. The molecule has 0 atom stereocenters. The van der Waals surface area contributed by atoms with Gasteiger partial charge in [-0.1, -0.05) is 12.1 Å². The van der Waals surface area contributed by atoms with E-state index in [9.17, 15) is 22.8 Å². The third-order valence-electron chi connectivity index (χ3n) is 4.58. The Hall–Kier alpha value is -4.09. The van der Waals surface area contributed by atoms with Gasteiger partial charge in [0, 0.05) is 24.0 Å². The summed E-state index contributed by atoms with van der Waals surface area (Å²) in [7, 11) is 1.72. The van der Waals surface area contributed by atoms with Gasteiger partial charge in [-0.05, 0) is 49.7 Å². The molecule has 32 heavy (non-hydrogen) atoms. The van der Waals surface area contributed by atoms with Crippen LogP contribution in [0.15, 0.2) is 42.5 Å². The average Bonchev–Trinajstić information content (AvgIpc) is 3.06. The van der Waals surface area contributed by atoms with Crippen LogP contribution >= 0.6 is 0 Å². The second-order valence-electron chi connectivity index (χ2n) is 6.90. The third-order valence-corrected chi connectivity index (χ3v) is 4.58. The highest BCUT2D eigenvalue weighted by Gasteiger charge is 2.30. The van der Waals surface area contributed by atoms with Gasteiger partial charge in [-0.2, -0.15) is 13.2 Å². The Labute approximate surface area is 181 Å². The van der Waals surface area contributed by atoms with Crippen LogP contribution in [-0.2, 0) is 13.2 Å². The molecule has 12 heteroatoms. The van der Waals surface area contributed by atoms with Crippen LogP contribution in [0.4, 0.5) is 35.3 Å². The molecule has 168 valence electrons. The predicted molar refractivity (Wildman–Crippen MR) is 112 cm³/mol. The molecule has 0 saturated heterocycles. The van der Waals surface area contributed by atoms with Gasteiger partial charge >= 0.3 is 12.2 Å². The van der Waals surface area contributed by atoms with Crippen molar-refractivity contribution in [2.45, 2.75) is 20.0 Å². The van der Waals surface area contributed by atoms with Crippen LogP contribution in [0.5, 0.6) is 0 Å². The largest absolute Gasteiger partial charge is 0.416 e. The number of hydrazine groups is 1. The van der Waals surface area contributed by atoms with Crippen LogP contribution in [-0.4, -0.2) is 26.7 Å². The van der Waals surface area contributed by atoms with Crippen molar-refractivity contribution in [1.29, 1.82) is 0 Å². The van der Waals surface area contributed by atoms with Gasteiger partial charge in [0.05, 0.1) is 5.56 Å². The van der Waals surface area contributed by atoms with E-state index < -0.39 is 23.7 Å². The maximum atomic E-state index is 12.9. The molecule has 0 aliphatic rings. The molecule has 0 aliphatic heterocycles. The Balaban J connectivity index is 1.67. The zero-order chi connectivity index (χ0) is 23.5. The normalized spacial score (nSPS) is 11.1. The fourth-order valence-electron chi connectivity index (χ4n) is 2.66. The Bertz CT molecular complexity index is 1160. The first kappa shape index (κ1) is 22.6. The van der Waals surface area contributed by atoms with Gasteiger partial charge in [0.1, 0.15) is 5.82 Å². The predicted octanol–water partition coefficient (Wildman–Crippen LogP) is 3.85. The molecule has 0 aliphatic carbocycles. The minimum atomic E-state index is -4.55. The summed E-state index contributed by atoms with van der Waals surface area (Å²) < 4.78 is 40.3. The number of nitrogens with one attached hydrogen (secondary N) is 4. The van der Waals surface area contributed by atoms with Crippen molar-refractivity contribution in [3.05, 3.63) is 65.0 Å². The number of benzene rings is 2. The van der Waals surface area contributed by atoms with E-state index >= 15 is 0 Å². The quantitative estimate of drug-likeness (QED) is 0.444. The molecule has 0 fully saturated rings. The number of nitrogens with zero attached hydrogens (tertiary/aromatic N) is 3. The second kappa shape index (κ2) is 8.96. The Kier molecular flexibility index (Phi) is 6.32. The van der Waals surface area contributed by atoms with E-state index in [2.05, 4.69) is 31.7 Å². The standard InChI is InChI=1S/C20H20F3N7O2/c1-11-7-8-15(24-17(31)13-5-4-6-14(9-13)20(21,22)23)10-16(11)25-19(32)29-28-18-27-26-12(2)30(18)3/h4-10H,1-3H3,(H,24,31)(H,27,28)(H2,25,29,32). The smallest absolute Gasteiger partial charge is 0.322 e. The van der Waals surface area contributed by atoms with Crippen LogP contribution < -0.4 is 21.5 Å². The number of carbonyl (C=O) groups excluding carboxylic acids is 2. The van der Waals surface area contributed by atoms with Crippen molar-refractivity contribution >= 4 is 29.3 Å². The molecular formula is C20H20F3N7O2. The lowest BCUT2D eigenvalue weighted by atomic mass is 10.1. The van der Waals surface area contributed by atoms with E-state index in [4.69, 9.17) is 0 Å². The third kappa shape index (κ3) is 5.33. The second-order valence-corrected chi connectivity index (χ2v) is 6.90. The van der Waals surface area contributed by atoms with E-state index in [-0.39, 0.29) is 5.56 Å². The van der Waals surface area contributed by atoms with E-state index in [1.807, 2.05) is 0 Å². The first-order valence-corrected chi connectivity index (χ1v) is 9.33. The molecule has 0 saturated carbocycles. The molecule has 4 N–H and O–H groups in total. The number of alkyl halides is 3. The van der Waals surface area contributed by atoms with Crippen molar-refractivity contribution in [2.24, 2.45) is 7.05 Å². The first-order valence-electron chi connectivity index (χ1n) is 9.33. The maximum absolute atomic E-state index is 12.9. The van der Waals surface area contributed by atoms with Gasteiger partial charge in [-0.15, -0.1) is 10.2 Å². The molecule has 9 nitrogen and oxygen atoms in total. The first-order chi connectivity index (χ1) is 15.0. The molecular weight excluding hydrogens is 427 g/mol. The molecule has 3 amide bonds. The zero-order valence-electron chi connectivity index (χ0n) is 17.3. The summed E-state index contributed by atoms with van der Waals surface area (Å²) in [5, 5.41) is 12.9. The minimum Gasteiger partial charge on any atom is -0.322 e. The number of amides is 3. The van der Waals surface area contributed by atoms with Crippen LogP contribution in [0.1, 0.15) is 27.3 Å². The number of urea groups is 1. The summed E-state index contributed by atoms with van der Waals surface area (Å²) in [4.78, 5) is 24.6.